The summed E-state index contributed by atoms with van der Waals surface area (Å²) in [5.41, 5.74) is 5.81. The molecule has 4 N–H and O–H groups in total. The normalized spacial score (nSPS) is 17.5. The molecule has 1 aliphatic heterocycles. The van der Waals surface area contributed by atoms with Crippen LogP contribution in [0.15, 0.2) is 18.5 Å². The van der Waals surface area contributed by atoms with Crippen LogP contribution in [0, 0.1) is 0 Å². The highest BCUT2D eigenvalue weighted by Crippen LogP contribution is 2.16. The van der Waals surface area contributed by atoms with Gasteiger partial charge in [0.2, 0.25) is 12.3 Å². The van der Waals surface area contributed by atoms with Gasteiger partial charge in [0, 0.05) is 32.3 Å². The van der Waals surface area contributed by atoms with Crippen molar-refractivity contribution < 1.29 is 9.59 Å². The number of carbonyl (C=O) groups excluding carboxylic acids is 2. The third kappa shape index (κ3) is 3.94. The van der Waals surface area contributed by atoms with E-state index in [1.54, 1.807) is 13.1 Å². The molecule has 2 amide bonds. The van der Waals surface area contributed by atoms with Crippen LogP contribution in [0.4, 0.5) is 5.82 Å². The van der Waals surface area contributed by atoms with E-state index in [1.165, 1.54) is 0 Å². The molecule has 3 heterocycles. The number of nitrogens with two attached hydrogens (primary N) is 1. The molecule has 1 fully saturated rings. The van der Waals surface area contributed by atoms with Gasteiger partial charge in [0.25, 0.3) is 0 Å². The van der Waals surface area contributed by atoms with Gasteiger partial charge in [-0.05, 0) is 18.9 Å². The Kier molecular flexibility index (Phi) is 5.29. The molecule has 0 aliphatic carbocycles. The molecule has 22 heavy (non-hydrogen) atoms. The van der Waals surface area contributed by atoms with Crippen molar-refractivity contribution in [3.05, 3.63) is 18.5 Å². The monoisotopic (exact) mass is 304 g/mol. The second-order valence-corrected chi connectivity index (χ2v) is 5.05. The molecule has 8 nitrogen and oxygen atoms in total. The number of piperidine rings is 1. The van der Waals surface area contributed by atoms with Gasteiger partial charge in [-0.15, -0.1) is 0 Å². The molecule has 3 rings (SSSR count). The van der Waals surface area contributed by atoms with Crippen molar-refractivity contribution in [3.8, 4) is 0 Å². The maximum atomic E-state index is 11.4. The first-order valence-corrected chi connectivity index (χ1v) is 7.11. The van der Waals surface area contributed by atoms with Gasteiger partial charge in [0.1, 0.15) is 11.3 Å². The lowest BCUT2D eigenvalue weighted by atomic mass is 10.1. The number of primary amides is 1. The number of anilines is 1. The molecule has 118 valence electrons. The summed E-state index contributed by atoms with van der Waals surface area (Å²) in [7, 11) is 0. The zero-order chi connectivity index (χ0) is 15.9. The predicted octanol–water partition coefficient (Wildman–Crippen LogP) is 0.482. The van der Waals surface area contributed by atoms with Crippen LogP contribution in [-0.4, -0.2) is 51.3 Å². The predicted molar refractivity (Wildman–Crippen MR) is 83.0 cm³/mol. The van der Waals surface area contributed by atoms with Crippen molar-refractivity contribution >= 4 is 29.3 Å². The van der Waals surface area contributed by atoms with E-state index in [9.17, 15) is 4.79 Å². The minimum absolute atomic E-state index is 0.138. The van der Waals surface area contributed by atoms with E-state index in [2.05, 4.69) is 26.0 Å². The van der Waals surface area contributed by atoms with Gasteiger partial charge >= 0.3 is 0 Å². The molecule has 0 radical (unpaired) electrons. The average molecular weight is 304 g/mol. The standard InChI is InChI=1S/C13H17N5O.CH3NO/c1-9(19)18-6-2-3-10(8-18)16-12-7-15-13-11(17-12)4-5-14-13;2-1-3/h4-5,7,10H,2-3,6,8H2,1H3,(H,14,15)(H,16,17);1H,(H2,2,3). The molecule has 0 spiro atoms. The highest BCUT2D eigenvalue weighted by Gasteiger charge is 2.21. The molecule has 2 aromatic heterocycles. The summed E-state index contributed by atoms with van der Waals surface area (Å²) in [6.45, 7) is 3.21. The molecule has 1 aliphatic rings. The van der Waals surface area contributed by atoms with Gasteiger partial charge in [0.15, 0.2) is 5.65 Å². The highest BCUT2D eigenvalue weighted by molar-refractivity contribution is 5.73. The molecule has 0 bridgehead atoms. The molecule has 0 saturated carbocycles. The van der Waals surface area contributed by atoms with Crippen molar-refractivity contribution in [2.75, 3.05) is 18.4 Å². The van der Waals surface area contributed by atoms with Gasteiger partial charge in [-0.3, -0.25) is 9.59 Å². The smallest absolute Gasteiger partial charge is 0.219 e. The zero-order valence-electron chi connectivity index (χ0n) is 12.5. The van der Waals surface area contributed by atoms with Gasteiger partial charge in [-0.2, -0.15) is 0 Å². The number of amides is 2. The van der Waals surface area contributed by atoms with Crippen LogP contribution in [0.2, 0.25) is 0 Å². The van der Waals surface area contributed by atoms with Crippen LogP contribution < -0.4 is 11.1 Å². The molecule has 0 aromatic carbocycles. The van der Waals surface area contributed by atoms with E-state index in [4.69, 9.17) is 4.79 Å². The molecule has 2 aromatic rings. The van der Waals surface area contributed by atoms with Crippen molar-refractivity contribution in [2.45, 2.75) is 25.8 Å². The Balaban J connectivity index is 0.000000545. The fourth-order valence-corrected chi connectivity index (χ4v) is 2.49. The molecule has 1 unspecified atom stereocenters. The van der Waals surface area contributed by atoms with E-state index >= 15 is 0 Å². The molecular formula is C14H20N6O2. The summed E-state index contributed by atoms with van der Waals surface area (Å²) in [4.78, 5) is 33.7. The quantitative estimate of drug-likeness (QED) is 0.698. The van der Waals surface area contributed by atoms with Crippen LogP contribution in [0.1, 0.15) is 19.8 Å². The topological polar surface area (TPSA) is 117 Å². The van der Waals surface area contributed by atoms with Crippen molar-refractivity contribution in [3.63, 3.8) is 0 Å². The number of H-pyrrole nitrogens is 1. The van der Waals surface area contributed by atoms with Crippen LogP contribution in [-0.2, 0) is 9.59 Å². The summed E-state index contributed by atoms with van der Waals surface area (Å²) < 4.78 is 0. The molecule has 8 heteroatoms. The Bertz CT molecular complexity index is 641. The third-order valence-corrected chi connectivity index (χ3v) is 3.48. The number of hydrogen-bond donors (Lipinski definition) is 3. The van der Waals surface area contributed by atoms with Gasteiger partial charge in [0.05, 0.1) is 6.20 Å². The lowest BCUT2D eigenvalue weighted by Gasteiger charge is -2.32. The molecule has 1 saturated heterocycles. The Morgan fingerprint density at radius 1 is 1.59 bits per heavy atom. The number of aromatic nitrogens is 3. The lowest BCUT2D eigenvalue weighted by molar-refractivity contribution is -0.129. The van der Waals surface area contributed by atoms with E-state index in [1.807, 2.05) is 17.2 Å². The van der Waals surface area contributed by atoms with Crippen molar-refractivity contribution in [1.29, 1.82) is 0 Å². The maximum Gasteiger partial charge on any atom is 0.219 e. The number of fused-ring (bicyclic) bond motifs is 1. The second-order valence-electron chi connectivity index (χ2n) is 5.05. The van der Waals surface area contributed by atoms with E-state index in [0.717, 1.165) is 42.9 Å². The van der Waals surface area contributed by atoms with Gasteiger partial charge < -0.3 is 20.9 Å². The largest absolute Gasteiger partial charge is 0.372 e. The summed E-state index contributed by atoms with van der Waals surface area (Å²) in [6, 6.07) is 2.15. The number of nitrogens with one attached hydrogen (secondary N) is 2. The van der Waals surface area contributed by atoms with E-state index in [-0.39, 0.29) is 18.4 Å². The van der Waals surface area contributed by atoms with E-state index in [0.29, 0.717) is 0 Å². The Labute approximate surface area is 128 Å². The zero-order valence-corrected chi connectivity index (χ0v) is 12.5. The second kappa shape index (κ2) is 7.39. The average Bonchev–Trinajstić information content (AvgIpc) is 2.96. The van der Waals surface area contributed by atoms with Crippen molar-refractivity contribution in [2.24, 2.45) is 5.73 Å². The molecular weight excluding hydrogens is 284 g/mol. The number of nitrogens with zero attached hydrogens (tertiary/aromatic N) is 3. The molecule has 1 atom stereocenters. The van der Waals surface area contributed by atoms with Crippen LogP contribution in [0.5, 0.6) is 0 Å². The van der Waals surface area contributed by atoms with E-state index < -0.39 is 0 Å². The number of likely N-dealkylation sites (tertiary alicyclic amines) is 1. The summed E-state index contributed by atoms with van der Waals surface area (Å²) >= 11 is 0. The first-order valence-electron chi connectivity index (χ1n) is 7.11. The summed E-state index contributed by atoms with van der Waals surface area (Å²) in [5.74, 6) is 0.904. The summed E-state index contributed by atoms with van der Waals surface area (Å²) in [6.07, 6.45) is 5.88. The Hall–Kier alpha value is -2.64. The number of hydrogen-bond acceptors (Lipinski definition) is 5. The van der Waals surface area contributed by atoms with Crippen LogP contribution >= 0.6 is 0 Å². The fourth-order valence-electron chi connectivity index (χ4n) is 2.49. The van der Waals surface area contributed by atoms with Crippen molar-refractivity contribution in [1.82, 2.24) is 19.9 Å². The summed E-state index contributed by atoms with van der Waals surface area (Å²) in [5, 5.41) is 3.37. The SMILES string of the molecule is CC(=O)N1CCCC(Nc2cnc3[nH]ccc3n2)C1.NC=O. The van der Waals surface area contributed by atoms with Gasteiger partial charge in [-0.25, -0.2) is 9.97 Å². The number of rotatable bonds is 2. The van der Waals surface area contributed by atoms with Crippen LogP contribution in [0.3, 0.4) is 0 Å². The number of aromatic amines is 1. The Morgan fingerprint density at radius 3 is 3.09 bits per heavy atom. The lowest BCUT2D eigenvalue weighted by Crippen LogP contribution is -2.44. The highest BCUT2D eigenvalue weighted by atomic mass is 16.2. The fraction of sp³-hybridized carbons (Fsp3) is 0.429. The number of carbonyl (C=O) groups is 2. The minimum atomic E-state index is 0.138. The minimum Gasteiger partial charge on any atom is -0.372 e. The first-order chi connectivity index (χ1) is 10.6. The third-order valence-electron chi connectivity index (χ3n) is 3.48. The van der Waals surface area contributed by atoms with Crippen LogP contribution in [0.25, 0.3) is 11.2 Å². The Morgan fingerprint density at radius 2 is 2.36 bits per heavy atom. The first kappa shape index (κ1) is 15.7. The van der Waals surface area contributed by atoms with Gasteiger partial charge in [-0.1, -0.05) is 0 Å². The maximum absolute atomic E-state index is 11.4.